The van der Waals surface area contributed by atoms with Crippen LogP contribution in [0.4, 0.5) is 5.82 Å². The van der Waals surface area contributed by atoms with E-state index in [1.54, 1.807) is 0 Å². The number of rotatable bonds is 16. The third-order valence-electron chi connectivity index (χ3n) is 6.34. The van der Waals surface area contributed by atoms with Gasteiger partial charge >= 0.3 is 0 Å². The zero-order valence-electron chi connectivity index (χ0n) is 22.4. The lowest BCUT2D eigenvalue weighted by atomic mass is 10.1. The molecule has 0 aliphatic rings. The molecule has 8 heteroatoms. The van der Waals surface area contributed by atoms with Gasteiger partial charge in [0.15, 0.2) is 5.82 Å². The van der Waals surface area contributed by atoms with Gasteiger partial charge in [0, 0.05) is 31.0 Å². The van der Waals surface area contributed by atoms with Crippen molar-refractivity contribution in [3.05, 3.63) is 24.0 Å². The molecule has 1 amide bonds. The van der Waals surface area contributed by atoms with Crippen LogP contribution >= 0.6 is 0 Å². The second-order valence-electron chi connectivity index (χ2n) is 9.61. The van der Waals surface area contributed by atoms with Crippen LogP contribution in [0.15, 0.2) is 18.2 Å². The van der Waals surface area contributed by atoms with Gasteiger partial charge in [0.1, 0.15) is 23.7 Å². The van der Waals surface area contributed by atoms with Crippen molar-refractivity contribution in [2.75, 3.05) is 25.5 Å². The number of pyridine rings is 1. The number of nitrogens with two attached hydrogens (primary N) is 1. The topological polar surface area (TPSA) is 104 Å². The van der Waals surface area contributed by atoms with E-state index in [0.717, 1.165) is 91.5 Å². The van der Waals surface area contributed by atoms with E-state index in [0.29, 0.717) is 25.6 Å². The molecule has 36 heavy (non-hydrogen) atoms. The Labute approximate surface area is 215 Å². The number of aryl methyl sites for hydroxylation is 1. The number of fused-ring (bicyclic) bond motifs is 3. The first-order valence-corrected chi connectivity index (χ1v) is 13.5. The fourth-order valence-electron chi connectivity index (χ4n) is 4.28. The maximum Gasteiger partial charge on any atom is 0.222 e. The summed E-state index contributed by atoms with van der Waals surface area (Å²) in [7, 11) is 0. The maximum absolute atomic E-state index is 11.6. The number of anilines is 1. The molecule has 198 valence electrons. The Balaban J connectivity index is 1.69. The van der Waals surface area contributed by atoms with Crippen molar-refractivity contribution in [2.24, 2.45) is 5.92 Å². The van der Waals surface area contributed by atoms with Crippen molar-refractivity contribution in [1.82, 2.24) is 19.9 Å². The number of ether oxygens (including phenoxy) is 2. The van der Waals surface area contributed by atoms with E-state index in [9.17, 15) is 4.79 Å². The largest absolute Gasteiger partial charge is 0.494 e. The van der Waals surface area contributed by atoms with Gasteiger partial charge < -0.3 is 25.1 Å². The number of nitrogens with zero attached hydrogens (tertiary/aromatic N) is 3. The van der Waals surface area contributed by atoms with E-state index in [2.05, 4.69) is 27.9 Å². The Morgan fingerprint density at radius 2 is 1.89 bits per heavy atom. The smallest absolute Gasteiger partial charge is 0.222 e. The summed E-state index contributed by atoms with van der Waals surface area (Å²) in [6, 6.07) is 6.00. The SMILES string of the molecule is CCCCCn1c(COCC)nc2c(N)nc3ccc(OCCCCCCNC(=O)C(C)C)cc3c21. The average molecular weight is 498 g/mol. The Kier molecular flexibility index (Phi) is 10.8. The molecule has 0 aliphatic heterocycles. The number of imidazole rings is 1. The summed E-state index contributed by atoms with van der Waals surface area (Å²) in [6.45, 7) is 11.4. The first kappa shape index (κ1) is 27.7. The molecule has 0 saturated heterocycles. The fraction of sp³-hybridized carbons (Fsp3) is 0.607. The molecule has 8 nitrogen and oxygen atoms in total. The van der Waals surface area contributed by atoms with E-state index in [1.165, 1.54) is 0 Å². The van der Waals surface area contributed by atoms with Gasteiger partial charge in [-0.1, -0.05) is 46.5 Å². The number of unbranched alkanes of at least 4 members (excludes halogenated alkanes) is 5. The van der Waals surface area contributed by atoms with Crippen molar-refractivity contribution in [2.45, 2.75) is 85.8 Å². The number of benzene rings is 1. The predicted octanol–water partition coefficient (Wildman–Crippen LogP) is 5.60. The normalized spacial score (nSPS) is 11.6. The summed E-state index contributed by atoms with van der Waals surface area (Å²) in [5.41, 5.74) is 8.91. The van der Waals surface area contributed by atoms with Crippen molar-refractivity contribution < 1.29 is 14.3 Å². The third-order valence-corrected chi connectivity index (χ3v) is 6.34. The van der Waals surface area contributed by atoms with Gasteiger partial charge in [-0.15, -0.1) is 0 Å². The summed E-state index contributed by atoms with van der Waals surface area (Å²) >= 11 is 0. The minimum Gasteiger partial charge on any atom is -0.494 e. The number of hydrogen-bond donors (Lipinski definition) is 2. The maximum atomic E-state index is 11.6. The molecule has 2 aromatic heterocycles. The Morgan fingerprint density at radius 3 is 2.64 bits per heavy atom. The van der Waals surface area contributed by atoms with Gasteiger partial charge in [0.2, 0.25) is 5.91 Å². The van der Waals surface area contributed by atoms with E-state index in [4.69, 9.17) is 20.2 Å². The van der Waals surface area contributed by atoms with Crippen LogP contribution in [0, 0.1) is 5.92 Å². The van der Waals surface area contributed by atoms with Crippen molar-refractivity contribution in [3.8, 4) is 5.75 Å². The van der Waals surface area contributed by atoms with Crippen LogP contribution in [0.1, 0.15) is 78.5 Å². The fourth-order valence-corrected chi connectivity index (χ4v) is 4.28. The lowest BCUT2D eigenvalue weighted by molar-refractivity contribution is -0.123. The monoisotopic (exact) mass is 497 g/mol. The molecule has 1 aromatic carbocycles. The van der Waals surface area contributed by atoms with Crippen molar-refractivity contribution in [1.29, 1.82) is 0 Å². The molecule has 0 unspecified atom stereocenters. The Bertz CT molecular complexity index is 1130. The molecule has 0 bridgehead atoms. The zero-order chi connectivity index (χ0) is 25.9. The van der Waals surface area contributed by atoms with E-state index >= 15 is 0 Å². The molecular weight excluding hydrogens is 454 g/mol. The Morgan fingerprint density at radius 1 is 1.08 bits per heavy atom. The van der Waals surface area contributed by atoms with Crippen LogP contribution in [0.25, 0.3) is 21.9 Å². The lowest BCUT2D eigenvalue weighted by Gasteiger charge is -2.12. The molecule has 0 aliphatic carbocycles. The summed E-state index contributed by atoms with van der Waals surface area (Å²) in [4.78, 5) is 21.0. The first-order chi connectivity index (χ1) is 17.5. The van der Waals surface area contributed by atoms with Crippen molar-refractivity contribution >= 4 is 33.7 Å². The number of aromatic nitrogens is 3. The number of carbonyl (C=O) groups excluding carboxylic acids is 1. The molecule has 3 rings (SSSR count). The summed E-state index contributed by atoms with van der Waals surface area (Å²) in [5, 5.41) is 3.97. The minimum absolute atomic E-state index is 0.0412. The van der Waals surface area contributed by atoms with Crippen LogP contribution in [0.3, 0.4) is 0 Å². The highest BCUT2D eigenvalue weighted by Crippen LogP contribution is 2.32. The molecule has 0 radical (unpaired) electrons. The van der Waals surface area contributed by atoms with Crippen LogP contribution in [0.5, 0.6) is 5.75 Å². The molecular formula is C28H43N5O3. The third kappa shape index (κ3) is 7.32. The number of nitrogen functional groups attached to an aromatic ring is 1. The van der Waals surface area contributed by atoms with E-state index in [1.807, 2.05) is 32.9 Å². The summed E-state index contributed by atoms with van der Waals surface area (Å²) in [5.74, 6) is 2.33. The van der Waals surface area contributed by atoms with Crippen molar-refractivity contribution in [3.63, 3.8) is 0 Å². The molecule has 0 atom stereocenters. The predicted molar refractivity (Wildman–Crippen MR) is 146 cm³/mol. The van der Waals surface area contributed by atoms with Crippen LogP contribution in [0.2, 0.25) is 0 Å². The van der Waals surface area contributed by atoms with Gasteiger partial charge in [0.05, 0.1) is 17.6 Å². The Hall–Kier alpha value is -2.87. The van der Waals surface area contributed by atoms with Gasteiger partial charge in [-0.3, -0.25) is 4.79 Å². The molecule has 0 saturated carbocycles. The quantitative estimate of drug-likeness (QED) is 0.249. The average Bonchev–Trinajstić information content (AvgIpc) is 3.23. The molecule has 0 fully saturated rings. The number of carbonyl (C=O) groups is 1. The van der Waals surface area contributed by atoms with Crippen LogP contribution in [-0.4, -0.2) is 40.2 Å². The molecule has 3 N–H and O–H groups in total. The van der Waals surface area contributed by atoms with Gasteiger partial charge in [-0.25, -0.2) is 9.97 Å². The molecule has 3 aromatic rings. The van der Waals surface area contributed by atoms with Gasteiger partial charge in [0.25, 0.3) is 0 Å². The summed E-state index contributed by atoms with van der Waals surface area (Å²) in [6.07, 6.45) is 7.49. The zero-order valence-corrected chi connectivity index (χ0v) is 22.4. The molecule has 0 spiro atoms. The van der Waals surface area contributed by atoms with Crippen LogP contribution < -0.4 is 15.8 Å². The second kappa shape index (κ2) is 14.0. The highest BCUT2D eigenvalue weighted by atomic mass is 16.5. The number of hydrogen-bond acceptors (Lipinski definition) is 6. The standard InChI is InChI=1S/C28H43N5O3/c1-5-7-11-16-33-24(19-35-6-2)32-25-26(33)22-18-21(13-14-23(22)31-27(25)29)36-17-12-9-8-10-15-30-28(34)20(3)4/h13-14,18,20H,5-12,15-17,19H2,1-4H3,(H2,29,31)(H,30,34). The van der Waals surface area contributed by atoms with E-state index in [-0.39, 0.29) is 11.8 Å². The van der Waals surface area contributed by atoms with Gasteiger partial charge in [-0.05, 0) is 44.4 Å². The lowest BCUT2D eigenvalue weighted by Crippen LogP contribution is -2.28. The van der Waals surface area contributed by atoms with Crippen LogP contribution in [-0.2, 0) is 22.7 Å². The van der Waals surface area contributed by atoms with Gasteiger partial charge in [-0.2, -0.15) is 0 Å². The summed E-state index contributed by atoms with van der Waals surface area (Å²) < 4.78 is 14.1. The second-order valence-corrected chi connectivity index (χ2v) is 9.61. The minimum atomic E-state index is 0.0412. The number of nitrogens with one attached hydrogen (secondary N) is 1. The number of amides is 1. The highest BCUT2D eigenvalue weighted by Gasteiger charge is 2.18. The van der Waals surface area contributed by atoms with E-state index < -0.39 is 0 Å². The molecule has 2 heterocycles. The highest BCUT2D eigenvalue weighted by molar-refractivity contribution is 6.07. The first-order valence-electron chi connectivity index (χ1n) is 13.5.